The normalized spacial score (nSPS) is 43.7. The predicted molar refractivity (Wildman–Crippen MR) is 128 cm³/mol. The van der Waals surface area contributed by atoms with Crippen molar-refractivity contribution in [1.82, 2.24) is 0 Å². The molecule has 0 unspecified atom stereocenters. The molecule has 10 atom stereocenters. The monoisotopic (exact) mass is 554 g/mol. The Morgan fingerprint density at radius 2 is 1.84 bits per heavy atom. The summed E-state index contributed by atoms with van der Waals surface area (Å²) in [7, 11) is 0. The molecular formula is C26H31ClO11. The van der Waals surface area contributed by atoms with E-state index in [9.17, 15) is 29.1 Å². The summed E-state index contributed by atoms with van der Waals surface area (Å²) in [6.45, 7) is 9.87. The van der Waals surface area contributed by atoms with E-state index in [1.165, 1.54) is 19.9 Å². The minimum absolute atomic E-state index is 0.266. The van der Waals surface area contributed by atoms with E-state index in [1.54, 1.807) is 13.0 Å². The highest BCUT2D eigenvalue weighted by atomic mass is 35.5. The first-order valence-corrected chi connectivity index (χ1v) is 12.7. The molecule has 2 aliphatic carbocycles. The number of alkyl halides is 1. The van der Waals surface area contributed by atoms with Crippen molar-refractivity contribution in [3.63, 3.8) is 0 Å². The Balaban J connectivity index is 1.97. The predicted octanol–water partition coefficient (Wildman–Crippen LogP) is 1.17. The van der Waals surface area contributed by atoms with E-state index >= 15 is 0 Å². The van der Waals surface area contributed by atoms with Gasteiger partial charge >= 0.3 is 23.9 Å². The molecule has 4 aliphatic rings. The van der Waals surface area contributed by atoms with E-state index in [0.29, 0.717) is 5.57 Å². The summed E-state index contributed by atoms with van der Waals surface area (Å²) in [6.07, 6.45) is -1.05. The third kappa shape index (κ3) is 4.34. The van der Waals surface area contributed by atoms with Crippen molar-refractivity contribution in [3.8, 4) is 0 Å². The molecule has 1 saturated carbocycles. The number of hydrogen-bond donors (Lipinski definition) is 1. The van der Waals surface area contributed by atoms with Gasteiger partial charge in [0.2, 0.25) is 0 Å². The zero-order chi connectivity index (χ0) is 28.4. The van der Waals surface area contributed by atoms with Gasteiger partial charge in [0.05, 0.1) is 29.4 Å². The number of epoxide rings is 1. The largest absolute Gasteiger partial charge is 0.457 e. The minimum Gasteiger partial charge on any atom is -0.457 e. The molecule has 12 heteroatoms. The van der Waals surface area contributed by atoms with Crippen LogP contribution in [0.3, 0.4) is 0 Å². The second-order valence-electron chi connectivity index (χ2n) is 10.8. The standard InChI is InChI=1S/C26H31ClO11/c1-11-9-15-20(35-15)24(5)8-7-16(30)25(6,38-14(4)29)19(24)22(36-17(31)10-34-13(3)28)26(33)12(2)23(32)37-21(26)18(11)27/h7-8,12,15,18-22,33H,1,9-10H2,2-6H3/t12-,15+,18-,19+,20-,21+,22-,24-,25+,26-/m0/s1. The molecular weight excluding hydrogens is 524 g/mol. The van der Waals surface area contributed by atoms with Gasteiger partial charge in [0.25, 0.3) is 0 Å². The Morgan fingerprint density at radius 3 is 2.45 bits per heavy atom. The van der Waals surface area contributed by atoms with Gasteiger partial charge in [0, 0.05) is 19.3 Å². The highest BCUT2D eigenvalue weighted by Crippen LogP contribution is 2.59. The number of carbonyl (C=O) groups is 5. The molecule has 0 spiro atoms. The average molecular weight is 555 g/mol. The smallest absolute Gasteiger partial charge is 0.344 e. The van der Waals surface area contributed by atoms with E-state index in [-0.39, 0.29) is 6.42 Å². The van der Waals surface area contributed by atoms with Crippen LogP contribution in [0.1, 0.15) is 41.0 Å². The van der Waals surface area contributed by atoms with E-state index in [4.69, 9.17) is 35.3 Å². The number of aliphatic hydroxyl groups is 1. The molecule has 1 N–H and O–H groups in total. The Labute approximate surface area is 224 Å². The molecule has 0 radical (unpaired) electrons. The van der Waals surface area contributed by atoms with Crippen LogP contribution in [0.15, 0.2) is 24.3 Å². The molecule has 3 fully saturated rings. The van der Waals surface area contributed by atoms with E-state index in [2.05, 4.69) is 6.58 Å². The second kappa shape index (κ2) is 9.46. The lowest BCUT2D eigenvalue weighted by Crippen LogP contribution is -2.69. The highest BCUT2D eigenvalue weighted by Gasteiger charge is 2.73. The molecule has 208 valence electrons. The molecule has 0 aromatic heterocycles. The van der Waals surface area contributed by atoms with Gasteiger partial charge in [-0.15, -0.1) is 11.6 Å². The van der Waals surface area contributed by atoms with Gasteiger partial charge in [0.1, 0.15) is 6.10 Å². The summed E-state index contributed by atoms with van der Waals surface area (Å²) in [5.74, 6) is -6.65. The molecule has 0 aromatic rings. The van der Waals surface area contributed by atoms with Crippen LogP contribution < -0.4 is 0 Å². The van der Waals surface area contributed by atoms with Crippen LogP contribution in [0, 0.1) is 17.3 Å². The fourth-order valence-electron chi connectivity index (χ4n) is 6.23. The van der Waals surface area contributed by atoms with Gasteiger partial charge in [-0.25, -0.2) is 4.79 Å². The number of halogens is 1. The molecule has 0 bridgehead atoms. The van der Waals surface area contributed by atoms with Gasteiger partial charge in [-0.3, -0.25) is 19.2 Å². The van der Waals surface area contributed by atoms with Crippen LogP contribution in [0.4, 0.5) is 0 Å². The maximum atomic E-state index is 13.4. The van der Waals surface area contributed by atoms with E-state index < -0.39 is 94.5 Å². The van der Waals surface area contributed by atoms with Crippen LogP contribution >= 0.6 is 11.6 Å². The Morgan fingerprint density at radius 1 is 1.18 bits per heavy atom. The number of ether oxygens (including phenoxy) is 5. The van der Waals surface area contributed by atoms with Crippen molar-refractivity contribution >= 4 is 41.3 Å². The maximum Gasteiger partial charge on any atom is 0.344 e. The summed E-state index contributed by atoms with van der Waals surface area (Å²) in [4.78, 5) is 62.9. The van der Waals surface area contributed by atoms with Gasteiger partial charge in [-0.2, -0.15) is 0 Å². The summed E-state index contributed by atoms with van der Waals surface area (Å²) in [5.41, 5.74) is -5.03. The maximum absolute atomic E-state index is 13.4. The van der Waals surface area contributed by atoms with Gasteiger partial charge in [-0.1, -0.05) is 25.2 Å². The lowest BCUT2D eigenvalue weighted by molar-refractivity contribution is -0.227. The van der Waals surface area contributed by atoms with Crippen molar-refractivity contribution < 1.29 is 52.8 Å². The minimum atomic E-state index is -2.32. The topological polar surface area (TPSA) is 155 Å². The van der Waals surface area contributed by atoms with Crippen LogP contribution in [0.5, 0.6) is 0 Å². The fraction of sp³-hybridized carbons (Fsp3) is 0.654. The summed E-state index contributed by atoms with van der Waals surface area (Å²) in [5, 5.41) is 11.3. The zero-order valence-electron chi connectivity index (χ0n) is 21.7. The van der Waals surface area contributed by atoms with Crippen LogP contribution in [-0.4, -0.2) is 82.4 Å². The number of carbonyl (C=O) groups excluding carboxylic acids is 5. The van der Waals surface area contributed by atoms with Crippen LogP contribution in [0.25, 0.3) is 0 Å². The van der Waals surface area contributed by atoms with Crippen LogP contribution in [-0.2, 0) is 47.7 Å². The van der Waals surface area contributed by atoms with Crippen molar-refractivity contribution in [2.24, 2.45) is 17.3 Å². The van der Waals surface area contributed by atoms with Gasteiger partial charge in [-0.05, 0) is 26.3 Å². The first kappa shape index (κ1) is 28.3. The number of fused-ring (bicyclic) bond motifs is 4. The van der Waals surface area contributed by atoms with Crippen LogP contribution in [0.2, 0.25) is 0 Å². The molecule has 2 saturated heterocycles. The van der Waals surface area contributed by atoms with Crippen molar-refractivity contribution in [2.75, 3.05) is 6.61 Å². The highest BCUT2D eigenvalue weighted by molar-refractivity contribution is 6.23. The zero-order valence-corrected chi connectivity index (χ0v) is 22.5. The lowest BCUT2D eigenvalue weighted by Gasteiger charge is -2.53. The molecule has 38 heavy (non-hydrogen) atoms. The molecule has 0 aromatic carbocycles. The quantitative estimate of drug-likeness (QED) is 0.175. The SMILES string of the molecule is C=C1C[C@H]2O[C@@H]2[C@@]2(C)C=CC(=O)[C@@](C)(OC(C)=O)[C@@H]2[C@H](OC(=O)COC(C)=O)[C@@]2(O)[C@H](OC(=O)[C@@H]2C)[C@H]1Cl. The van der Waals surface area contributed by atoms with Gasteiger partial charge < -0.3 is 28.8 Å². The number of hydrogen-bond acceptors (Lipinski definition) is 11. The van der Waals surface area contributed by atoms with E-state index in [1.807, 2.05) is 0 Å². The summed E-state index contributed by atoms with van der Waals surface area (Å²) < 4.78 is 27.7. The fourth-order valence-corrected chi connectivity index (χ4v) is 6.57. The number of rotatable bonds is 4. The molecule has 4 rings (SSSR count). The van der Waals surface area contributed by atoms with E-state index in [0.717, 1.165) is 13.8 Å². The summed E-state index contributed by atoms with van der Waals surface area (Å²) >= 11 is 6.71. The first-order chi connectivity index (χ1) is 17.6. The Kier molecular flexibility index (Phi) is 7.03. The molecule has 0 amide bonds. The van der Waals surface area contributed by atoms with Crippen molar-refractivity contribution in [3.05, 3.63) is 24.3 Å². The third-order valence-corrected chi connectivity index (χ3v) is 8.71. The average Bonchev–Trinajstić information content (AvgIpc) is 3.56. The van der Waals surface area contributed by atoms with Crippen molar-refractivity contribution in [1.29, 1.82) is 0 Å². The van der Waals surface area contributed by atoms with Crippen molar-refractivity contribution in [2.45, 2.75) is 82.0 Å². The number of esters is 4. The molecule has 2 heterocycles. The number of ketones is 1. The van der Waals surface area contributed by atoms with Gasteiger partial charge in [0.15, 0.2) is 29.7 Å². The summed E-state index contributed by atoms with van der Waals surface area (Å²) in [6, 6.07) is 0. The molecule has 11 nitrogen and oxygen atoms in total. The third-order valence-electron chi connectivity index (χ3n) is 8.17. The Hall–Kier alpha value is -2.76. The Bertz CT molecular complexity index is 1130. The lowest BCUT2D eigenvalue weighted by atomic mass is 9.55. The molecule has 2 aliphatic heterocycles. The first-order valence-electron chi connectivity index (χ1n) is 12.2. The second-order valence-corrected chi connectivity index (χ2v) is 11.2.